The van der Waals surface area contributed by atoms with Gasteiger partial charge in [0, 0.05) is 26.0 Å². The smallest absolute Gasteiger partial charge is 0.215 e. The summed E-state index contributed by atoms with van der Waals surface area (Å²) >= 11 is 5.38. The summed E-state index contributed by atoms with van der Waals surface area (Å²) in [5, 5.41) is 0. The van der Waals surface area contributed by atoms with Gasteiger partial charge in [0.1, 0.15) is 0 Å². The fourth-order valence-corrected chi connectivity index (χ4v) is 2.18. The molecule has 0 unspecified atom stereocenters. The molecule has 0 saturated carbocycles. The van der Waals surface area contributed by atoms with Crippen LogP contribution in [0, 0.1) is 0 Å². The highest BCUT2D eigenvalue weighted by molar-refractivity contribution is 7.89. The molecule has 0 aromatic rings. The Morgan fingerprint density at radius 2 is 1.69 bits per heavy atom. The fraction of sp³-hybridized carbons (Fsp3) is 1.00. The third-order valence-corrected chi connectivity index (χ3v) is 3.94. The largest absolute Gasteiger partial charge is 0.308 e. The standard InChI is InChI=1S/C7H17ClN2O2S/c1-9(2)5-6-10(3)13(11,12)7-4-8/h4-7H2,1-3H3. The number of hydrogen-bond donors (Lipinski definition) is 0. The van der Waals surface area contributed by atoms with Crippen molar-refractivity contribution in [3.05, 3.63) is 0 Å². The Morgan fingerprint density at radius 3 is 2.08 bits per heavy atom. The first kappa shape index (κ1) is 13.2. The Bertz CT molecular complexity index is 229. The molecule has 0 aromatic heterocycles. The zero-order valence-corrected chi connectivity index (χ0v) is 9.90. The minimum absolute atomic E-state index is 0.0124. The quantitative estimate of drug-likeness (QED) is 0.604. The van der Waals surface area contributed by atoms with E-state index in [4.69, 9.17) is 11.6 Å². The van der Waals surface area contributed by atoms with Gasteiger partial charge in [-0.2, -0.15) is 0 Å². The van der Waals surface area contributed by atoms with Crippen LogP contribution >= 0.6 is 11.6 Å². The SMILES string of the molecule is CN(C)CCN(C)S(=O)(=O)CCCl. The molecule has 0 aromatic carbocycles. The molecule has 0 atom stereocenters. The molecule has 0 heterocycles. The molecular formula is C7H17ClN2O2S. The van der Waals surface area contributed by atoms with E-state index in [1.165, 1.54) is 4.31 Å². The number of hydrogen-bond acceptors (Lipinski definition) is 3. The first-order chi connectivity index (χ1) is 5.90. The average molecular weight is 229 g/mol. The second-order valence-corrected chi connectivity index (χ2v) is 5.70. The summed E-state index contributed by atoms with van der Waals surface area (Å²) in [7, 11) is 2.25. The summed E-state index contributed by atoms with van der Waals surface area (Å²) in [6.45, 7) is 1.23. The lowest BCUT2D eigenvalue weighted by Crippen LogP contribution is -2.35. The Labute approximate surface area is 85.5 Å². The molecule has 0 amide bonds. The first-order valence-corrected chi connectivity index (χ1v) is 6.19. The molecule has 0 aliphatic carbocycles. The molecule has 0 fully saturated rings. The summed E-state index contributed by atoms with van der Waals surface area (Å²) in [6, 6.07) is 0. The molecule has 0 radical (unpaired) electrons. The van der Waals surface area contributed by atoms with Gasteiger partial charge < -0.3 is 4.90 Å². The number of halogens is 1. The monoisotopic (exact) mass is 228 g/mol. The highest BCUT2D eigenvalue weighted by atomic mass is 35.5. The van der Waals surface area contributed by atoms with Crippen LogP contribution in [-0.2, 0) is 10.0 Å². The van der Waals surface area contributed by atoms with Gasteiger partial charge in [-0.05, 0) is 14.1 Å². The van der Waals surface area contributed by atoms with E-state index in [0.29, 0.717) is 6.54 Å². The van der Waals surface area contributed by atoms with Crippen molar-refractivity contribution in [3.63, 3.8) is 0 Å². The first-order valence-electron chi connectivity index (χ1n) is 4.05. The molecule has 0 aliphatic rings. The van der Waals surface area contributed by atoms with Crippen molar-refractivity contribution in [1.82, 2.24) is 9.21 Å². The van der Waals surface area contributed by atoms with Crippen LogP contribution in [0.1, 0.15) is 0 Å². The van der Waals surface area contributed by atoms with Crippen LogP contribution in [0.25, 0.3) is 0 Å². The highest BCUT2D eigenvalue weighted by Gasteiger charge is 2.16. The average Bonchev–Trinajstić information content (AvgIpc) is 1.99. The Hall–Kier alpha value is 0.160. The summed E-state index contributed by atoms with van der Waals surface area (Å²) in [5.41, 5.74) is 0. The number of sulfonamides is 1. The predicted octanol–water partition coefficient (Wildman–Crippen LogP) is 0.0484. The minimum atomic E-state index is -3.13. The number of alkyl halides is 1. The molecule has 80 valence electrons. The van der Waals surface area contributed by atoms with Crippen LogP contribution in [0.3, 0.4) is 0 Å². The number of rotatable bonds is 6. The molecule has 0 rings (SSSR count). The van der Waals surface area contributed by atoms with E-state index in [2.05, 4.69) is 0 Å². The third kappa shape index (κ3) is 5.46. The molecule has 0 N–H and O–H groups in total. The van der Waals surface area contributed by atoms with E-state index in [9.17, 15) is 8.42 Å². The van der Waals surface area contributed by atoms with Gasteiger partial charge in [-0.15, -0.1) is 11.6 Å². The minimum Gasteiger partial charge on any atom is -0.308 e. The molecule has 0 aliphatic heterocycles. The zero-order valence-electron chi connectivity index (χ0n) is 8.33. The maximum atomic E-state index is 11.4. The number of nitrogens with zero attached hydrogens (tertiary/aromatic N) is 2. The van der Waals surface area contributed by atoms with Crippen molar-refractivity contribution in [2.75, 3.05) is 45.9 Å². The zero-order chi connectivity index (χ0) is 10.5. The second-order valence-electron chi connectivity index (χ2n) is 3.13. The lowest BCUT2D eigenvalue weighted by Gasteiger charge is -2.18. The van der Waals surface area contributed by atoms with Gasteiger partial charge >= 0.3 is 0 Å². The van der Waals surface area contributed by atoms with E-state index in [0.717, 1.165) is 6.54 Å². The maximum Gasteiger partial charge on any atom is 0.215 e. The van der Waals surface area contributed by atoms with Crippen LogP contribution in [0.5, 0.6) is 0 Å². The van der Waals surface area contributed by atoms with Crippen molar-refractivity contribution in [1.29, 1.82) is 0 Å². The highest BCUT2D eigenvalue weighted by Crippen LogP contribution is 1.98. The maximum absolute atomic E-state index is 11.4. The van der Waals surface area contributed by atoms with Crippen LogP contribution < -0.4 is 0 Å². The molecule has 4 nitrogen and oxygen atoms in total. The van der Waals surface area contributed by atoms with E-state index in [1.807, 2.05) is 19.0 Å². The summed E-state index contributed by atoms with van der Waals surface area (Å²) < 4.78 is 24.1. The predicted molar refractivity (Wildman–Crippen MR) is 55.7 cm³/mol. The second kappa shape index (κ2) is 5.80. The fourth-order valence-electron chi connectivity index (χ4n) is 0.733. The van der Waals surface area contributed by atoms with Gasteiger partial charge in [-0.1, -0.05) is 0 Å². The summed E-state index contributed by atoms with van der Waals surface area (Å²) in [4.78, 5) is 1.94. The van der Waals surface area contributed by atoms with Gasteiger partial charge in [0.15, 0.2) is 0 Å². The van der Waals surface area contributed by atoms with Gasteiger partial charge in [0.05, 0.1) is 5.75 Å². The van der Waals surface area contributed by atoms with Crippen molar-refractivity contribution in [3.8, 4) is 0 Å². The third-order valence-electron chi connectivity index (χ3n) is 1.67. The molecule has 0 bridgehead atoms. The molecule has 0 saturated heterocycles. The van der Waals surface area contributed by atoms with E-state index < -0.39 is 10.0 Å². The molecule has 6 heteroatoms. The van der Waals surface area contributed by atoms with Crippen molar-refractivity contribution >= 4 is 21.6 Å². The van der Waals surface area contributed by atoms with Crippen LogP contribution in [0.4, 0.5) is 0 Å². The topological polar surface area (TPSA) is 40.6 Å². The van der Waals surface area contributed by atoms with E-state index in [-0.39, 0.29) is 11.6 Å². The summed E-state index contributed by atoms with van der Waals surface area (Å²) in [5.74, 6) is 0.160. The molecule has 0 spiro atoms. The van der Waals surface area contributed by atoms with Crippen LogP contribution in [0.15, 0.2) is 0 Å². The normalized spacial score (nSPS) is 12.8. The molecule has 13 heavy (non-hydrogen) atoms. The lowest BCUT2D eigenvalue weighted by atomic mass is 10.6. The Balaban J connectivity index is 4.02. The lowest BCUT2D eigenvalue weighted by molar-refractivity contribution is 0.359. The van der Waals surface area contributed by atoms with Crippen molar-refractivity contribution < 1.29 is 8.42 Å². The van der Waals surface area contributed by atoms with E-state index in [1.54, 1.807) is 7.05 Å². The Morgan fingerprint density at radius 1 is 1.15 bits per heavy atom. The van der Waals surface area contributed by atoms with Gasteiger partial charge in [-0.25, -0.2) is 12.7 Å². The van der Waals surface area contributed by atoms with Crippen LogP contribution in [-0.4, -0.2) is 63.5 Å². The van der Waals surface area contributed by atoms with Gasteiger partial charge in [-0.3, -0.25) is 0 Å². The van der Waals surface area contributed by atoms with Crippen LogP contribution in [0.2, 0.25) is 0 Å². The van der Waals surface area contributed by atoms with Crippen molar-refractivity contribution in [2.24, 2.45) is 0 Å². The van der Waals surface area contributed by atoms with E-state index >= 15 is 0 Å². The van der Waals surface area contributed by atoms with Gasteiger partial charge in [0.25, 0.3) is 0 Å². The van der Waals surface area contributed by atoms with Gasteiger partial charge in [0.2, 0.25) is 10.0 Å². The molecular weight excluding hydrogens is 212 g/mol. The Kier molecular flexibility index (Phi) is 5.87. The number of likely N-dealkylation sites (N-methyl/N-ethyl adjacent to an activating group) is 2. The van der Waals surface area contributed by atoms with Crippen molar-refractivity contribution in [2.45, 2.75) is 0 Å². The summed E-state index contributed by atoms with van der Waals surface area (Å²) in [6.07, 6.45) is 0.